The van der Waals surface area contributed by atoms with Gasteiger partial charge in [-0.05, 0) is 44.7 Å². The molecule has 5 heteroatoms. The zero-order valence-corrected chi connectivity index (χ0v) is 13.7. The van der Waals surface area contributed by atoms with Gasteiger partial charge in [0.25, 0.3) is 0 Å². The maximum atomic E-state index is 14.4. The van der Waals surface area contributed by atoms with E-state index in [1.807, 2.05) is 13.1 Å². The lowest BCUT2D eigenvalue weighted by Gasteiger charge is -2.34. The van der Waals surface area contributed by atoms with Crippen LogP contribution in [0.15, 0.2) is 18.2 Å². The third-order valence-corrected chi connectivity index (χ3v) is 6.25. The molecule has 0 aliphatic heterocycles. The minimum Gasteiger partial charge on any atom is -0.313 e. The van der Waals surface area contributed by atoms with Gasteiger partial charge in [0.2, 0.25) is 0 Å². The number of hydrogen-bond acceptors (Lipinski definition) is 3. The van der Waals surface area contributed by atoms with Crippen molar-refractivity contribution in [3.63, 3.8) is 0 Å². The minimum absolute atomic E-state index is 0.130. The highest BCUT2D eigenvalue weighted by atomic mass is 32.2. The van der Waals surface area contributed by atoms with Crippen molar-refractivity contribution in [3.05, 3.63) is 35.1 Å². The first kappa shape index (κ1) is 16.4. The largest absolute Gasteiger partial charge is 0.313 e. The van der Waals surface area contributed by atoms with Crippen LogP contribution in [0, 0.1) is 18.7 Å². The molecule has 1 aromatic carbocycles. The van der Waals surface area contributed by atoms with Gasteiger partial charge in [0.05, 0.1) is 5.25 Å². The summed E-state index contributed by atoms with van der Waals surface area (Å²) < 4.78 is 38.0. The van der Waals surface area contributed by atoms with Crippen molar-refractivity contribution in [2.24, 2.45) is 5.92 Å². The number of sulfone groups is 1. The summed E-state index contributed by atoms with van der Waals surface area (Å²) in [5.74, 6) is -0.0295. The van der Waals surface area contributed by atoms with Gasteiger partial charge in [0.1, 0.15) is 15.7 Å². The molecule has 3 nitrogen and oxygen atoms in total. The summed E-state index contributed by atoms with van der Waals surface area (Å²) in [5.41, 5.74) is 1.28. The molecule has 1 aliphatic carbocycles. The van der Waals surface area contributed by atoms with Crippen molar-refractivity contribution in [3.8, 4) is 0 Å². The lowest BCUT2D eigenvalue weighted by molar-refractivity contribution is 0.278. The molecule has 0 bridgehead atoms. The molecule has 1 aliphatic rings. The van der Waals surface area contributed by atoms with E-state index in [9.17, 15) is 12.8 Å². The average Bonchev–Trinajstić information content (AvgIpc) is 2.44. The van der Waals surface area contributed by atoms with E-state index in [0.717, 1.165) is 19.3 Å². The summed E-state index contributed by atoms with van der Waals surface area (Å²) >= 11 is 0. The van der Waals surface area contributed by atoms with Crippen LogP contribution in [0.2, 0.25) is 0 Å². The standard InChI is InChI=1S/C16H24FNO2S/c1-11-6-4-9-14(15(11)17)16(18-2)12-7-5-8-13(10-12)21(3,19)20/h4,6,9,12-13,16,18H,5,7-8,10H2,1-3H3. The van der Waals surface area contributed by atoms with Gasteiger partial charge in [-0.1, -0.05) is 24.6 Å². The molecule has 0 aromatic heterocycles. The predicted molar refractivity (Wildman–Crippen MR) is 83.5 cm³/mol. The molecule has 3 unspecified atom stereocenters. The SMILES string of the molecule is CNC(c1cccc(C)c1F)C1CCCC(S(C)(=O)=O)C1. The normalized spacial score (nSPS) is 24.8. The van der Waals surface area contributed by atoms with Crippen LogP contribution in [0.25, 0.3) is 0 Å². The number of benzene rings is 1. The average molecular weight is 313 g/mol. The van der Waals surface area contributed by atoms with E-state index in [1.54, 1.807) is 19.1 Å². The third kappa shape index (κ3) is 3.64. The highest BCUT2D eigenvalue weighted by molar-refractivity contribution is 7.91. The van der Waals surface area contributed by atoms with Gasteiger partial charge in [0, 0.05) is 17.9 Å². The van der Waals surface area contributed by atoms with E-state index in [0.29, 0.717) is 17.5 Å². The summed E-state index contributed by atoms with van der Waals surface area (Å²) in [6.07, 6.45) is 4.46. The molecular formula is C16H24FNO2S. The molecule has 118 valence electrons. The highest BCUT2D eigenvalue weighted by Crippen LogP contribution is 2.37. The second-order valence-electron chi connectivity index (χ2n) is 6.12. The van der Waals surface area contributed by atoms with Crippen LogP contribution in [0.5, 0.6) is 0 Å². The lowest BCUT2D eigenvalue weighted by Crippen LogP contribution is -2.34. The molecule has 3 atom stereocenters. The Hall–Kier alpha value is -0.940. The number of halogens is 1. The van der Waals surface area contributed by atoms with Gasteiger partial charge in [-0.2, -0.15) is 0 Å². The van der Waals surface area contributed by atoms with Gasteiger partial charge < -0.3 is 5.32 Å². The second-order valence-corrected chi connectivity index (χ2v) is 8.45. The molecule has 0 spiro atoms. The topological polar surface area (TPSA) is 46.2 Å². The predicted octanol–water partition coefficient (Wildman–Crippen LogP) is 3.00. The first-order valence-electron chi connectivity index (χ1n) is 7.45. The Bertz CT molecular complexity index is 600. The Morgan fingerprint density at radius 3 is 2.67 bits per heavy atom. The van der Waals surface area contributed by atoms with E-state index < -0.39 is 9.84 Å². The Kier molecular flexibility index (Phi) is 5.04. The molecule has 1 fully saturated rings. The van der Waals surface area contributed by atoms with Crippen LogP contribution in [-0.4, -0.2) is 27.0 Å². The first-order chi connectivity index (χ1) is 9.84. The fourth-order valence-electron chi connectivity index (χ4n) is 3.43. The van der Waals surface area contributed by atoms with Crippen molar-refractivity contribution in [1.29, 1.82) is 0 Å². The number of hydrogen-bond donors (Lipinski definition) is 1. The molecule has 21 heavy (non-hydrogen) atoms. The quantitative estimate of drug-likeness (QED) is 0.929. The first-order valence-corrected chi connectivity index (χ1v) is 9.41. The zero-order valence-electron chi connectivity index (χ0n) is 12.9. The van der Waals surface area contributed by atoms with Crippen molar-refractivity contribution in [2.75, 3.05) is 13.3 Å². The fourth-order valence-corrected chi connectivity index (χ4v) is 4.62. The molecule has 0 radical (unpaired) electrons. The summed E-state index contributed by atoms with van der Waals surface area (Å²) in [5, 5.41) is 2.90. The van der Waals surface area contributed by atoms with Crippen LogP contribution < -0.4 is 5.32 Å². The molecule has 0 saturated heterocycles. The van der Waals surface area contributed by atoms with Gasteiger partial charge >= 0.3 is 0 Å². The Morgan fingerprint density at radius 2 is 2.05 bits per heavy atom. The summed E-state index contributed by atoms with van der Waals surface area (Å²) in [6, 6.07) is 5.28. The minimum atomic E-state index is -3.02. The lowest BCUT2D eigenvalue weighted by atomic mass is 9.80. The van der Waals surface area contributed by atoms with Crippen molar-refractivity contribution >= 4 is 9.84 Å². The number of rotatable bonds is 4. The summed E-state index contributed by atoms with van der Waals surface area (Å²) in [4.78, 5) is 0. The summed E-state index contributed by atoms with van der Waals surface area (Å²) in [6.45, 7) is 1.76. The molecule has 0 heterocycles. The van der Waals surface area contributed by atoms with Gasteiger partial charge in [0.15, 0.2) is 0 Å². The van der Waals surface area contributed by atoms with Crippen LogP contribution >= 0.6 is 0 Å². The third-order valence-electron chi connectivity index (χ3n) is 4.61. The van der Waals surface area contributed by atoms with E-state index in [4.69, 9.17) is 0 Å². The Balaban J connectivity index is 2.27. The Labute approximate surface area is 126 Å². The van der Waals surface area contributed by atoms with E-state index in [1.165, 1.54) is 6.26 Å². The second kappa shape index (κ2) is 6.44. The van der Waals surface area contributed by atoms with Crippen LogP contribution in [-0.2, 0) is 9.84 Å². The van der Waals surface area contributed by atoms with Crippen LogP contribution in [0.4, 0.5) is 4.39 Å². The molecule has 2 rings (SSSR count). The van der Waals surface area contributed by atoms with Crippen LogP contribution in [0.1, 0.15) is 42.9 Å². The molecular weight excluding hydrogens is 289 g/mol. The molecule has 1 saturated carbocycles. The zero-order chi connectivity index (χ0) is 15.6. The number of aryl methyl sites for hydroxylation is 1. The van der Waals surface area contributed by atoms with Gasteiger partial charge in [-0.3, -0.25) is 0 Å². The van der Waals surface area contributed by atoms with Gasteiger partial charge in [-0.15, -0.1) is 0 Å². The maximum absolute atomic E-state index is 14.4. The number of nitrogens with one attached hydrogen (secondary N) is 1. The molecule has 1 aromatic rings. The summed E-state index contributed by atoms with van der Waals surface area (Å²) in [7, 11) is -1.21. The highest BCUT2D eigenvalue weighted by Gasteiger charge is 2.34. The fraction of sp³-hybridized carbons (Fsp3) is 0.625. The van der Waals surface area contributed by atoms with Crippen molar-refractivity contribution < 1.29 is 12.8 Å². The van der Waals surface area contributed by atoms with E-state index in [2.05, 4.69) is 5.32 Å². The Morgan fingerprint density at radius 1 is 1.33 bits per heavy atom. The monoisotopic (exact) mass is 313 g/mol. The van der Waals surface area contributed by atoms with Crippen molar-refractivity contribution in [2.45, 2.75) is 43.9 Å². The van der Waals surface area contributed by atoms with Crippen molar-refractivity contribution in [1.82, 2.24) is 5.32 Å². The molecule has 1 N–H and O–H groups in total. The van der Waals surface area contributed by atoms with Crippen LogP contribution in [0.3, 0.4) is 0 Å². The van der Waals surface area contributed by atoms with Gasteiger partial charge in [-0.25, -0.2) is 12.8 Å². The van der Waals surface area contributed by atoms with E-state index >= 15 is 0 Å². The van der Waals surface area contributed by atoms with E-state index in [-0.39, 0.29) is 23.0 Å². The maximum Gasteiger partial charge on any atom is 0.150 e. The smallest absolute Gasteiger partial charge is 0.150 e. The molecule has 0 amide bonds.